The number of ether oxygens (including phenoxy) is 2. The summed E-state index contributed by atoms with van der Waals surface area (Å²) in [7, 11) is 0. The number of hydrazone groups is 1. The average Bonchev–Trinajstić information content (AvgIpc) is 3.48. The fraction of sp³-hybridized carbons (Fsp3) is 0.273. The van der Waals surface area contributed by atoms with E-state index in [0.29, 0.717) is 41.3 Å². The molecule has 0 bridgehead atoms. The highest BCUT2D eigenvalue weighted by molar-refractivity contribution is 6.08. The molecule has 0 saturated heterocycles. The largest absolute Gasteiger partial charge is 0.481 e. The molecule has 4 rings (SSSR count). The Kier molecular flexibility index (Phi) is 5.93. The molecule has 32 heavy (non-hydrogen) atoms. The third-order valence-corrected chi connectivity index (χ3v) is 5.32. The lowest BCUT2D eigenvalue weighted by molar-refractivity contribution is -0.146. The van der Waals surface area contributed by atoms with E-state index < -0.39 is 29.6 Å². The molecule has 10 nitrogen and oxygen atoms in total. The molecule has 0 saturated carbocycles. The summed E-state index contributed by atoms with van der Waals surface area (Å²) in [6.07, 6.45) is 5.58. The van der Waals surface area contributed by atoms with Gasteiger partial charge in [0.25, 0.3) is 0 Å². The number of carbonyl (C=O) groups is 3. The molecule has 1 aromatic heterocycles. The van der Waals surface area contributed by atoms with E-state index in [4.69, 9.17) is 13.9 Å². The Bertz CT molecular complexity index is 1100. The molecule has 166 valence electrons. The summed E-state index contributed by atoms with van der Waals surface area (Å²) in [5.74, 6) is -2.48. The van der Waals surface area contributed by atoms with Gasteiger partial charge in [-0.25, -0.2) is 5.43 Å². The molecule has 10 heteroatoms. The van der Waals surface area contributed by atoms with Gasteiger partial charge < -0.3 is 24.3 Å². The van der Waals surface area contributed by atoms with Crippen molar-refractivity contribution >= 4 is 29.2 Å². The van der Waals surface area contributed by atoms with E-state index in [0.717, 1.165) is 0 Å². The third-order valence-electron chi connectivity index (χ3n) is 5.32. The number of carbonyl (C=O) groups excluding carboxylic acids is 2. The molecule has 1 aliphatic heterocycles. The summed E-state index contributed by atoms with van der Waals surface area (Å²) in [6, 6.07) is 6.33. The van der Waals surface area contributed by atoms with E-state index in [2.05, 4.69) is 15.8 Å². The number of anilines is 1. The zero-order valence-electron chi connectivity index (χ0n) is 17.2. The van der Waals surface area contributed by atoms with Gasteiger partial charge >= 0.3 is 11.9 Å². The van der Waals surface area contributed by atoms with Crippen LogP contribution in [0.25, 0.3) is 0 Å². The maximum absolute atomic E-state index is 13.0. The van der Waals surface area contributed by atoms with Crippen LogP contribution >= 0.6 is 0 Å². The Balaban J connectivity index is 1.59. The molecule has 3 N–H and O–H groups in total. The van der Waals surface area contributed by atoms with Crippen molar-refractivity contribution in [3.63, 3.8) is 0 Å². The van der Waals surface area contributed by atoms with Crippen molar-refractivity contribution in [3.05, 3.63) is 54.0 Å². The van der Waals surface area contributed by atoms with Crippen molar-refractivity contribution < 1.29 is 33.4 Å². The number of nitrogens with zero attached hydrogens (tertiary/aromatic N) is 1. The van der Waals surface area contributed by atoms with E-state index in [1.54, 1.807) is 37.3 Å². The molecule has 0 radical (unpaired) electrons. The van der Waals surface area contributed by atoms with E-state index in [1.165, 1.54) is 12.3 Å². The number of carboxylic acids is 1. The number of carboxylic acid groups (broad SMARTS) is 1. The zero-order valence-corrected chi connectivity index (χ0v) is 17.2. The summed E-state index contributed by atoms with van der Waals surface area (Å²) >= 11 is 0. The van der Waals surface area contributed by atoms with E-state index in [-0.39, 0.29) is 12.6 Å². The van der Waals surface area contributed by atoms with Gasteiger partial charge in [0, 0.05) is 11.6 Å². The molecular formula is C22H21N3O7. The van der Waals surface area contributed by atoms with Crippen LogP contribution < -0.4 is 20.2 Å². The predicted molar refractivity (Wildman–Crippen MR) is 113 cm³/mol. The standard InChI is InChI=1S/C22H21N3O7/c1-12(24-25-21(27)17-7-4-8-30-17)15-9-18-19(32-11-31-18)10-16(15)23-20(26)13-5-2-3-6-14(13)22(28)29/h2-4,7-10,13-14H,5-6,11H2,1H3,(H,23,26)(H,25,27)(H,28,29)/b24-12-. The molecule has 0 fully saturated rings. The molecule has 2 aromatic rings. The van der Waals surface area contributed by atoms with E-state index >= 15 is 0 Å². The number of hydrogen-bond acceptors (Lipinski definition) is 7. The second kappa shape index (κ2) is 8.96. The number of nitrogens with one attached hydrogen (secondary N) is 2. The smallest absolute Gasteiger partial charge is 0.307 e. The Morgan fingerprint density at radius 1 is 1.09 bits per heavy atom. The van der Waals surface area contributed by atoms with Gasteiger partial charge in [-0.2, -0.15) is 5.10 Å². The molecule has 1 aromatic carbocycles. The fourth-order valence-corrected chi connectivity index (χ4v) is 3.60. The highest BCUT2D eigenvalue weighted by atomic mass is 16.7. The first-order valence-electron chi connectivity index (χ1n) is 9.95. The number of allylic oxidation sites excluding steroid dienone is 2. The van der Waals surface area contributed by atoms with Crippen LogP contribution in [0.4, 0.5) is 5.69 Å². The van der Waals surface area contributed by atoms with Crippen LogP contribution in [0.15, 0.2) is 52.2 Å². The van der Waals surface area contributed by atoms with Gasteiger partial charge in [0.2, 0.25) is 12.7 Å². The molecule has 2 heterocycles. The minimum absolute atomic E-state index is 0.0338. The number of furan rings is 1. The number of fused-ring (bicyclic) bond motifs is 1. The number of amides is 2. The highest BCUT2D eigenvalue weighted by Gasteiger charge is 2.34. The number of hydrogen-bond donors (Lipinski definition) is 3. The van der Waals surface area contributed by atoms with Crippen molar-refractivity contribution in [1.29, 1.82) is 0 Å². The molecule has 2 unspecified atom stereocenters. The first kappa shape index (κ1) is 21.2. The lowest BCUT2D eigenvalue weighted by atomic mass is 9.82. The Labute approximate surface area is 182 Å². The molecule has 1 aliphatic carbocycles. The number of rotatable bonds is 6. The minimum atomic E-state index is -1.02. The summed E-state index contributed by atoms with van der Waals surface area (Å²) in [5, 5.41) is 16.4. The lowest BCUT2D eigenvalue weighted by Crippen LogP contribution is -2.35. The molecule has 2 aliphatic rings. The van der Waals surface area contributed by atoms with Crippen LogP contribution in [0, 0.1) is 11.8 Å². The number of benzene rings is 1. The molecule has 2 amide bonds. The number of aliphatic carboxylic acids is 1. The first-order valence-corrected chi connectivity index (χ1v) is 9.95. The van der Waals surface area contributed by atoms with Gasteiger partial charge in [-0.3, -0.25) is 14.4 Å². The maximum atomic E-state index is 13.0. The van der Waals surface area contributed by atoms with Crippen LogP contribution in [-0.4, -0.2) is 35.4 Å². The van der Waals surface area contributed by atoms with Crippen molar-refractivity contribution in [2.75, 3.05) is 12.1 Å². The Morgan fingerprint density at radius 3 is 2.50 bits per heavy atom. The van der Waals surface area contributed by atoms with E-state index in [9.17, 15) is 19.5 Å². The van der Waals surface area contributed by atoms with Gasteiger partial charge in [0.15, 0.2) is 17.3 Å². The van der Waals surface area contributed by atoms with Gasteiger partial charge in [0.05, 0.1) is 29.5 Å². The fourth-order valence-electron chi connectivity index (χ4n) is 3.60. The quantitative estimate of drug-likeness (QED) is 0.357. The summed E-state index contributed by atoms with van der Waals surface area (Å²) in [5.41, 5.74) is 3.64. The maximum Gasteiger partial charge on any atom is 0.307 e. The average molecular weight is 439 g/mol. The van der Waals surface area contributed by atoms with E-state index in [1.807, 2.05) is 0 Å². The monoisotopic (exact) mass is 439 g/mol. The van der Waals surface area contributed by atoms with Crippen molar-refractivity contribution in [3.8, 4) is 11.5 Å². The predicted octanol–water partition coefficient (Wildman–Crippen LogP) is 2.77. The second-order valence-corrected chi connectivity index (χ2v) is 7.35. The molecule has 2 atom stereocenters. The molecular weight excluding hydrogens is 418 g/mol. The van der Waals surface area contributed by atoms with Crippen LogP contribution in [0.5, 0.6) is 11.5 Å². The Hall–Kier alpha value is -4.08. The first-order chi connectivity index (χ1) is 15.4. The topological polar surface area (TPSA) is 139 Å². The van der Waals surface area contributed by atoms with Gasteiger partial charge in [-0.05, 0) is 38.0 Å². The SMILES string of the molecule is C/C(=N/NC(=O)c1ccco1)c1cc2c(cc1NC(=O)C1CC=CCC1C(=O)O)OCO2. The molecule has 0 spiro atoms. The summed E-state index contributed by atoms with van der Waals surface area (Å²) in [4.78, 5) is 36.7. The normalized spacial score (nSPS) is 19.5. The summed E-state index contributed by atoms with van der Waals surface area (Å²) < 4.78 is 15.9. The van der Waals surface area contributed by atoms with Crippen LogP contribution in [0.3, 0.4) is 0 Å². The minimum Gasteiger partial charge on any atom is -0.481 e. The van der Waals surface area contributed by atoms with Crippen molar-refractivity contribution in [1.82, 2.24) is 5.43 Å². The van der Waals surface area contributed by atoms with Crippen LogP contribution in [0.1, 0.15) is 35.9 Å². The highest BCUT2D eigenvalue weighted by Crippen LogP contribution is 2.38. The lowest BCUT2D eigenvalue weighted by Gasteiger charge is -2.24. The van der Waals surface area contributed by atoms with Gasteiger partial charge in [0.1, 0.15) is 0 Å². The van der Waals surface area contributed by atoms with Crippen LogP contribution in [-0.2, 0) is 9.59 Å². The van der Waals surface area contributed by atoms with Crippen molar-refractivity contribution in [2.24, 2.45) is 16.9 Å². The Morgan fingerprint density at radius 2 is 1.81 bits per heavy atom. The summed E-state index contributed by atoms with van der Waals surface area (Å²) in [6.45, 7) is 1.69. The second-order valence-electron chi connectivity index (χ2n) is 7.35. The third kappa shape index (κ3) is 4.34. The zero-order chi connectivity index (χ0) is 22.7. The van der Waals surface area contributed by atoms with Gasteiger partial charge in [-0.1, -0.05) is 12.2 Å². The van der Waals surface area contributed by atoms with Gasteiger partial charge in [-0.15, -0.1) is 0 Å². The van der Waals surface area contributed by atoms with Crippen molar-refractivity contribution in [2.45, 2.75) is 19.8 Å². The van der Waals surface area contributed by atoms with Crippen LogP contribution in [0.2, 0.25) is 0 Å².